The van der Waals surface area contributed by atoms with Crippen molar-refractivity contribution in [3.63, 3.8) is 0 Å². The van der Waals surface area contributed by atoms with E-state index in [1.807, 2.05) is 0 Å². The Morgan fingerprint density at radius 1 is 1.24 bits per heavy atom. The molecule has 2 aromatic heterocycles. The lowest BCUT2D eigenvalue weighted by Gasteiger charge is -2.20. The molecule has 0 saturated carbocycles. The molecule has 0 unspecified atom stereocenters. The Hall–Kier alpha value is -3.16. The number of rotatable bonds is 4. The van der Waals surface area contributed by atoms with Crippen LogP contribution in [0.2, 0.25) is 0 Å². The van der Waals surface area contributed by atoms with Crippen molar-refractivity contribution in [3.05, 3.63) is 46.9 Å². The average molecular weight is 470 g/mol. The Bertz CT molecular complexity index is 1360. The standard InChI is InChI=1S/C23H27N5O4S/c1-23(2,3)33(30,31)17-8-6-16(7-9-17)26-21-20-18(10-11-25-22(20)29)28(27-21)19-14-32-12-4-5-15(19)13-24/h6-11,15,19H,4-5,12,14H2,1-3H3,(H,25,29)(H,26,27)/t15-,19-/m1/s1. The molecule has 9 nitrogen and oxygen atoms in total. The number of benzene rings is 1. The molecule has 4 rings (SSSR count). The van der Waals surface area contributed by atoms with Gasteiger partial charge in [-0.05, 0) is 63.9 Å². The fourth-order valence-electron chi connectivity index (χ4n) is 3.96. The van der Waals surface area contributed by atoms with Gasteiger partial charge in [0.1, 0.15) is 5.39 Å². The van der Waals surface area contributed by atoms with Crippen LogP contribution in [0, 0.1) is 17.2 Å². The van der Waals surface area contributed by atoms with E-state index < -0.39 is 14.6 Å². The Morgan fingerprint density at radius 3 is 2.64 bits per heavy atom. The van der Waals surface area contributed by atoms with Crippen LogP contribution in [0.15, 0.2) is 46.2 Å². The van der Waals surface area contributed by atoms with Gasteiger partial charge in [0.15, 0.2) is 15.7 Å². The van der Waals surface area contributed by atoms with Crippen LogP contribution in [-0.4, -0.2) is 41.1 Å². The molecule has 0 spiro atoms. The predicted octanol–water partition coefficient (Wildman–Crippen LogP) is 3.53. The summed E-state index contributed by atoms with van der Waals surface area (Å²) in [6, 6.07) is 10.2. The summed E-state index contributed by atoms with van der Waals surface area (Å²) in [5, 5.41) is 17.8. The number of pyridine rings is 1. The number of fused-ring (bicyclic) bond motifs is 1. The quantitative estimate of drug-likeness (QED) is 0.598. The molecule has 1 fully saturated rings. The molecule has 0 radical (unpaired) electrons. The van der Waals surface area contributed by atoms with E-state index in [0.717, 1.165) is 6.42 Å². The minimum Gasteiger partial charge on any atom is -0.379 e. The molecule has 0 aliphatic carbocycles. The van der Waals surface area contributed by atoms with Gasteiger partial charge in [-0.1, -0.05) is 0 Å². The van der Waals surface area contributed by atoms with Gasteiger partial charge in [0.05, 0.1) is 39.8 Å². The smallest absolute Gasteiger partial charge is 0.261 e. The van der Waals surface area contributed by atoms with E-state index in [9.17, 15) is 18.5 Å². The molecular weight excluding hydrogens is 442 g/mol. The molecule has 2 N–H and O–H groups in total. The van der Waals surface area contributed by atoms with Crippen molar-refractivity contribution in [2.24, 2.45) is 5.92 Å². The summed E-state index contributed by atoms with van der Waals surface area (Å²) in [7, 11) is -3.48. The Morgan fingerprint density at radius 2 is 1.97 bits per heavy atom. The van der Waals surface area contributed by atoms with E-state index in [4.69, 9.17) is 4.74 Å². The van der Waals surface area contributed by atoms with E-state index in [-0.39, 0.29) is 22.4 Å². The Kier molecular flexibility index (Phi) is 6.03. The number of anilines is 2. The normalized spacial score (nSPS) is 19.7. The first-order chi connectivity index (χ1) is 15.6. The largest absolute Gasteiger partial charge is 0.379 e. The zero-order valence-electron chi connectivity index (χ0n) is 18.8. The van der Waals surface area contributed by atoms with Gasteiger partial charge in [-0.25, -0.2) is 8.42 Å². The van der Waals surface area contributed by atoms with Crippen LogP contribution in [0.5, 0.6) is 0 Å². The van der Waals surface area contributed by atoms with Gasteiger partial charge in [-0.2, -0.15) is 10.4 Å². The number of hydrogen-bond acceptors (Lipinski definition) is 7. The molecule has 1 aliphatic heterocycles. The topological polar surface area (TPSA) is 130 Å². The molecule has 3 aromatic rings. The molecule has 0 bridgehead atoms. The van der Waals surface area contributed by atoms with Crippen LogP contribution in [0.25, 0.3) is 10.9 Å². The van der Waals surface area contributed by atoms with Crippen LogP contribution >= 0.6 is 0 Å². The van der Waals surface area contributed by atoms with Crippen molar-refractivity contribution in [1.29, 1.82) is 5.26 Å². The van der Waals surface area contributed by atoms with Gasteiger partial charge in [-0.3, -0.25) is 9.48 Å². The SMILES string of the molecule is CC(C)(C)S(=O)(=O)c1ccc(Nc2nn([C@@H]3COCCC[C@@H]3C#N)c3cc[nH]c(=O)c23)cc1. The number of ether oxygens (including phenoxy) is 1. The first-order valence-corrected chi connectivity index (χ1v) is 12.3. The summed E-state index contributed by atoms with van der Waals surface area (Å²) in [6.45, 7) is 5.89. The molecular formula is C23H27N5O4S. The molecule has 1 aliphatic rings. The number of nitrogens with one attached hydrogen (secondary N) is 2. The third-order valence-electron chi connectivity index (χ3n) is 5.90. The summed E-state index contributed by atoms with van der Waals surface area (Å²) in [6.07, 6.45) is 3.04. The average Bonchev–Trinajstić information content (AvgIpc) is 2.97. The second-order valence-corrected chi connectivity index (χ2v) is 11.8. The highest BCUT2D eigenvalue weighted by atomic mass is 32.2. The van der Waals surface area contributed by atoms with Crippen LogP contribution in [0.1, 0.15) is 39.7 Å². The van der Waals surface area contributed by atoms with Crippen LogP contribution in [0.3, 0.4) is 0 Å². The summed E-state index contributed by atoms with van der Waals surface area (Å²) in [5.74, 6) is 0.0452. The summed E-state index contributed by atoms with van der Waals surface area (Å²) < 4.78 is 31.9. The molecule has 2 atom stereocenters. The first-order valence-electron chi connectivity index (χ1n) is 10.8. The van der Waals surface area contributed by atoms with Gasteiger partial charge >= 0.3 is 0 Å². The zero-order chi connectivity index (χ0) is 23.8. The van der Waals surface area contributed by atoms with Gasteiger partial charge in [0.25, 0.3) is 5.56 Å². The Balaban J connectivity index is 1.74. The summed E-state index contributed by atoms with van der Waals surface area (Å²) in [5.41, 5.74) is 0.881. The van der Waals surface area contributed by atoms with Crippen molar-refractivity contribution < 1.29 is 13.2 Å². The molecule has 1 saturated heterocycles. The van der Waals surface area contributed by atoms with Crippen molar-refractivity contribution in [2.45, 2.75) is 49.3 Å². The fourth-order valence-corrected chi connectivity index (χ4v) is 5.16. The lowest BCUT2D eigenvalue weighted by Crippen LogP contribution is -2.27. The summed E-state index contributed by atoms with van der Waals surface area (Å²) >= 11 is 0. The lowest BCUT2D eigenvalue weighted by molar-refractivity contribution is 0.110. The maximum absolute atomic E-state index is 12.7. The number of hydrogen-bond donors (Lipinski definition) is 2. The second kappa shape index (κ2) is 8.65. The maximum Gasteiger partial charge on any atom is 0.261 e. The Labute approximate surface area is 192 Å². The number of nitriles is 1. The van der Waals surface area contributed by atoms with Crippen molar-refractivity contribution >= 4 is 32.2 Å². The van der Waals surface area contributed by atoms with E-state index in [1.165, 1.54) is 12.1 Å². The van der Waals surface area contributed by atoms with Crippen LogP contribution < -0.4 is 10.9 Å². The van der Waals surface area contributed by atoms with Gasteiger partial charge in [-0.15, -0.1) is 0 Å². The molecule has 1 aromatic carbocycles. The van der Waals surface area contributed by atoms with E-state index in [2.05, 4.69) is 21.5 Å². The zero-order valence-corrected chi connectivity index (χ0v) is 19.6. The molecule has 33 heavy (non-hydrogen) atoms. The third kappa shape index (κ3) is 4.26. The highest BCUT2D eigenvalue weighted by Crippen LogP contribution is 2.32. The minimum atomic E-state index is -3.48. The number of sulfone groups is 1. The fraction of sp³-hybridized carbons (Fsp3) is 0.435. The van der Waals surface area contributed by atoms with E-state index >= 15 is 0 Å². The summed E-state index contributed by atoms with van der Waals surface area (Å²) in [4.78, 5) is 15.6. The molecule has 174 valence electrons. The highest BCUT2D eigenvalue weighted by molar-refractivity contribution is 7.92. The molecule has 10 heteroatoms. The van der Waals surface area contributed by atoms with Gasteiger partial charge in [0, 0.05) is 18.5 Å². The minimum absolute atomic E-state index is 0.223. The second-order valence-electron chi connectivity index (χ2n) is 9.15. The highest BCUT2D eigenvalue weighted by Gasteiger charge is 2.31. The first kappa shape index (κ1) is 23.0. The van der Waals surface area contributed by atoms with Gasteiger partial charge in [0.2, 0.25) is 0 Å². The lowest BCUT2D eigenvalue weighted by atomic mass is 9.97. The number of nitrogens with zero attached hydrogens (tertiary/aromatic N) is 3. The number of aromatic nitrogens is 3. The van der Waals surface area contributed by atoms with Crippen molar-refractivity contribution in [2.75, 3.05) is 18.5 Å². The molecule has 0 amide bonds. The van der Waals surface area contributed by atoms with Crippen LogP contribution in [-0.2, 0) is 14.6 Å². The van der Waals surface area contributed by atoms with E-state index in [1.54, 1.807) is 49.8 Å². The monoisotopic (exact) mass is 469 g/mol. The van der Waals surface area contributed by atoms with E-state index in [0.29, 0.717) is 42.0 Å². The third-order valence-corrected chi connectivity index (χ3v) is 8.41. The van der Waals surface area contributed by atoms with Crippen molar-refractivity contribution in [3.8, 4) is 6.07 Å². The molecule has 3 heterocycles. The number of H-pyrrole nitrogens is 1. The van der Waals surface area contributed by atoms with Crippen molar-refractivity contribution in [1.82, 2.24) is 14.8 Å². The van der Waals surface area contributed by atoms with Crippen LogP contribution in [0.4, 0.5) is 11.5 Å². The number of aromatic amines is 1. The predicted molar refractivity (Wildman–Crippen MR) is 125 cm³/mol. The van der Waals surface area contributed by atoms with Gasteiger partial charge < -0.3 is 15.0 Å². The maximum atomic E-state index is 12.7.